The molecule has 1 rings (SSSR count). The molecular weight excluding hydrogens is 181 g/mol. The molecule has 0 spiro atoms. The molecule has 2 nitrogen and oxygen atoms in total. The van der Waals surface area contributed by atoms with Crippen molar-refractivity contribution < 1.29 is 9.50 Å². The first-order valence-electron chi connectivity index (χ1n) is 4.89. The average molecular weight is 197 g/mol. The van der Waals surface area contributed by atoms with Crippen LogP contribution in [-0.2, 0) is 0 Å². The number of hydrogen-bond donors (Lipinski definition) is 2. The Morgan fingerprint density at radius 3 is 2.79 bits per heavy atom. The number of aromatic hydroxyl groups is 1. The highest BCUT2D eigenvalue weighted by Crippen LogP contribution is 2.23. The average Bonchev–Trinajstić information content (AvgIpc) is 2.18. The summed E-state index contributed by atoms with van der Waals surface area (Å²) in [6.07, 6.45) is 2.99. The molecular formula is C11H16FNO. The van der Waals surface area contributed by atoms with Gasteiger partial charge in [0.1, 0.15) is 0 Å². The molecule has 1 aromatic carbocycles. The van der Waals surface area contributed by atoms with Crippen molar-refractivity contribution in [3.05, 3.63) is 29.6 Å². The first kappa shape index (κ1) is 11.0. The highest BCUT2D eigenvalue weighted by Gasteiger charge is 2.08. The molecule has 0 radical (unpaired) electrons. The van der Waals surface area contributed by atoms with Crippen molar-refractivity contribution in [3.63, 3.8) is 0 Å². The second-order valence-corrected chi connectivity index (χ2v) is 3.46. The van der Waals surface area contributed by atoms with Gasteiger partial charge in [-0.25, -0.2) is 4.39 Å². The van der Waals surface area contributed by atoms with Gasteiger partial charge in [0.25, 0.3) is 0 Å². The lowest BCUT2D eigenvalue weighted by Gasteiger charge is -2.11. The summed E-state index contributed by atoms with van der Waals surface area (Å²) >= 11 is 0. The summed E-state index contributed by atoms with van der Waals surface area (Å²) in [5.41, 5.74) is 6.66. The number of phenols is 1. The second kappa shape index (κ2) is 4.96. The van der Waals surface area contributed by atoms with Crippen LogP contribution in [0.25, 0.3) is 0 Å². The zero-order chi connectivity index (χ0) is 10.6. The summed E-state index contributed by atoms with van der Waals surface area (Å²) in [7, 11) is 0. The second-order valence-electron chi connectivity index (χ2n) is 3.46. The van der Waals surface area contributed by atoms with Crippen LogP contribution in [0.2, 0.25) is 0 Å². The highest BCUT2D eigenvalue weighted by molar-refractivity contribution is 5.30. The summed E-state index contributed by atoms with van der Waals surface area (Å²) in [6, 6.07) is 4.16. The minimum absolute atomic E-state index is 0.110. The predicted octanol–water partition coefficient (Wildman–Crippen LogP) is 2.72. The number of benzene rings is 1. The Hall–Kier alpha value is -1.09. The number of unbranched alkanes of at least 4 members (excludes halogenated alkanes) is 1. The van der Waals surface area contributed by atoms with Crippen molar-refractivity contribution in [3.8, 4) is 5.75 Å². The van der Waals surface area contributed by atoms with Crippen LogP contribution in [-0.4, -0.2) is 5.11 Å². The standard InChI is InChI=1S/C11H16FNO/c1-2-3-4-10(13)8-5-6-9(12)11(14)7-8/h5-7,10,14H,2-4,13H2,1H3. The zero-order valence-electron chi connectivity index (χ0n) is 8.33. The van der Waals surface area contributed by atoms with E-state index in [1.807, 2.05) is 0 Å². The van der Waals surface area contributed by atoms with Gasteiger partial charge in [-0.1, -0.05) is 25.8 Å². The number of nitrogens with two attached hydrogens (primary N) is 1. The van der Waals surface area contributed by atoms with Crippen LogP contribution in [0.5, 0.6) is 5.75 Å². The van der Waals surface area contributed by atoms with Gasteiger partial charge in [0.2, 0.25) is 0 Å². The summed E-state index contributed by atoms with van der Waals surface area (Å²) in [6.45, 7) is 2.09. The lowest BCUT2D eigenvalue weighted by Crippen LogP contribution is -2.09. The third-order valence-corrected chi connectivity index (χ3v) is 2.27. The molecule has 0 aliphatic rings. The smallest absolute Gasteiger partial charge is 0.164 e. The van der Waals surface area contributed by atoms with Gasteiger partial charge in [-0.15, -0.1) is 0 Å². The number of hydrogen-bond acceptors (Lipinski definition) is 2. The van der Waals surface area contributed by atoms with E-state index in [-0.39, 0.29) is 11.8 Å². The zero-order valence-corrected chi connectivity index (χ0v) is 8.33. The quantitative estimate of drug-likeness (QED) is 0.779. The minimum Gasteiger partial charge on any atom is -0.505 e. The lowest BCUT2D eigenvalue weighted by molar-refractivity contribution is 0.430. The minimum atomic E-state index is -0.601. The Morgan fingerprint density at radius 2 is 2.21 bits per heavy atom. The summed E-state index contributed by atoms with van der Waals surface area (Å²) < 4.78 is 12.7. The molecule has 14 heavy (non-hydrogen) atoms. The monoisotopic (exact) mass is 197 g/mol. The van der Waals surface area contributed by atoms with Gasteiger partial charge in [0.05, 0.1) is 0 Å². The maximum absolute atomic E-state index is 12.7. The number of phenolic OH excluding ortho intramolecular Hbond substituents is 1. The van der Waals surface area contributed by atoms with Crippen LogP contribution in [0.3, 0.4) is 0 Å². The first-order valence-corrected chi connectivity index (χ1v) is 4.89. The molecule has 1 unspecified atom stereocenters. The van der Waals surface area contributed by atoms with Gasteiger partial charge < -0.3 is 10.8 Å². The molecule has 1 aromatic rings. The third-order valence-electron chi connectivity index (χ3n) is 2.27. The van der Waals surface area contributed by atoms with Gasteiger partial charge in [-0.05, 0) is 24.1 Å². The molecule has 0 bridgehead atoms. The molecule has 0 saturated heterocycles. The van der Waals surface area contributed by atoms with Crippen molar-refractivity contribution in [2.24, 2.45) is 5.73 Å². The molecule has 3 N–H and O–H groups in total. The van der Waals surface area contributed by atoms with E-state index < -0.39 is 5.82 Å². The van der Waals surface area contributed by atoms with E-state index in [9.17, 15) is 4.39 Å². The molecule has 1 atom stereocenters. The van der Waals surface area contributed by atoms with E-state index in [1.54, 1.807) is 6.07 Å². The van der Waals surface area contributed by atoms with E-state index in [0.717, 1.165) is 24.8 Å². The topological polar surface area (TPSA) is 46.2 Å². The maximum Gasteiger partial charge on any atom is 0.164 e. The van der Waals surface area contributed by atoms with Crippen molar-refractivity contribution >= 4 is 0 Å². The Balaban J connectivity index is 2.70. The van der Waals surface area contributed by atoms with Gasteiger partial charge in [-0.2, -0.15) is 0 Å². The number of rotatable bonds is 4. The van der Waals surface area contributed by atoms with Crippen LogP contribution in [0.1, 0.15) is 37.8 Å². The summed E-state index contributed by atoms with van der Waals surface area (Å²) in [4.78, 5) is 0. The van der Waals surface area contributed by atoms with Gasteiger partial charge in [0.15, 0.2) is 11.6 Å². The van der Waals surface area contributed by atoms with Crippen molar-refractivity contribution in [2.75, 3.05) is 0 Å². The van der Waals surface area contributed by atoms with Gasteiger partial charge >= 0.3 is 0 Å². The molecule has 3 heteroatoms. The normalized spacial score (nSPS) is 12.8. The van der Waals surface area contributed by atoms with Gasteiger partial charge in [-0.3, -0.25) is 0 Å². The Kier molecular flexibility index (Phi) is 3.89. The van der Waals surface area contributed by atoms with Crippen LogP contribution in [0, 0.1) is 5.82 Å². The van der Waals surface area contributed by atoms with Crippen LogP contribution < -0.4 is 5.73 Å². The molecule has 0 aromatic heterocycles. The molecule has 0 fully saturated rings. The predicted molar refractivity (Wildman–Crippen MR) is 54.5 cm³/mol. The fourth-order valence-electron chi connectivity index (χ4n) is 1.35. The first-order chi connectivity index (χ1) is 6.65. The molecule has 0 heterocycles. The van der Waals surface area contributed by atoms with E-state index in [1.165, 1.54) is 12.1 Å². The fraction of sp³-hybridized carbons (Fsp3) is 0.455. The third kappa shape index (κ3) is 2.70. The van der Waals surface area contributed by atoms with Crippen molar-refractivity contribution in [2.45, 2.75) is 32.2 Å². The van der Waals surface area contributed by atoms with Gasteiger partial charge in [0, 0.05) is 6.04 Å². The highest BCUT2D eigenvalue weighted by atomic mass is 19.1. The maximum atomic E-state index is 12.7. The van der Waals surface area contributed by atoms with E-state index >= 15 is 0 Å². The fourth-order valence-corrected chi connectivity index (χ4v) is 1.35. The van der Waals surface area contributed by atoms with E-state index in [0.29, 0.717) is 0 Å². The van der Waals surface area contributed by atoms with E-state index in [4.69, 9.17) is 10.8 Å². The summed E-state index contributed by atoms with van der Waals surface area (Å²) in [5, 5.41) is 9.14. The Bertz CT molecular complexity index is 301. The largest absolute Gasteiger partial charge is 0.505 e. The molecule has 0 aliphatic carbocycles. The van der Waals surface area contributed by atoms with Crippen LogP contribution >= 0.6 is 0 Å². The Morgan fingerprint density at radius 1 is 1.50 bits per heavy atom. The van der Waals surface area contributed by atoms with Crippen LogP contribution in [0.15, 0.2) is 18.2 Å². The van der Waals surface area contributed by atoms with Crippen molar-refractivity contribution in [1.82, 2.24) is 0 Å². The molecule has 0 amide bonds. The number of halogens is 1. The molecule has 0 saturated carbocycles. The molecule has 78 valence electrons. The SMILES string of the molecule is CCCCC(N)c1ccc(F)c(O)c1. The Labute approximate surface area is 83.6 Å². The molecule has 0 aliphatic heterocycles. The van der Waals surface area contributed by atoms with Crippen molar-refractivity contribution in [1.29, 1.82) is 0 Å². The summed E-state index contributed by atoms with van der Waals surface area (Å²) in [5.74, 6) is -0.925. The van der Waals surface area contributed by atoms with E-state index in [2.05, 4.69) is 6.92 Å². The van der Waals surface area contributed by atoms with Crippen LogP contribution in [0.4, 0.5) is 4.39 Å². The lowest BCUT2D eigenvalue weighted by atomic mass is 10.0.